The van der Waals surface area contributed by atoms with E-state index in [0.29, 0.717) is 5.39 Å². The molecule has 1 aromatic heterocycles. The first-order valence-electron chi connectivity index (χ1n) is 3.52. The Bertz CT molecular complexity index is 441. The standard InChI is InChI=1S/C8H4BrF2NS/c9-5-3-1-2-4-6(8(10)11)12-13-7(4)5/h1-3,8H. The molecule has 0 aliphatic rings. The van der Waals surface area contributed by atoms with Crippen molar-refractivity contribution in [2.75, 3.05) is 0 Å². The molecule has 0 N–H and O–H groups in total. The number of halogens is 3. The van der Waals surface area contributed by atoms with Gasteiger partial charge >= 0.3 is 0 Å². The minimum absolute atomic E-state index is 0.124. The highest BCUT2D eigenvalue weighted by atomic mass is 79.9. The van der Waals surface area contributed by atoms with Crippen LogP contribution in [-0.4, -0.2) is 4.37 Å². The van der Waals surface area contributed by atoms with Crippen molar-refractivity contribution in [3.05, 3.63) is 28.4 Å². The maximum Gasteiger partial charge on any atom is 0.282 e. The Kier molecular flexibility index (Phi) is 2.29. The summed E-state index contributed by atoms with van der Waals surface area (Å²) in [4.78, 5) is 0. The van der Waals surface area contributed by atoms with E-state index < -0.39 is 6.43 Å². The Labute approximate surface area is 85.7 Å². The van der Waals surface area contributed by atoms with Gasteiger partial charge in [0.25, 0.3) is 6.43 Å². The van der Waals surface area contributed by atoms with Crippen molar-refractivity contribution in [3.63, 3.8) is 0 Å². The van der Waals surface area contributed by atoms with Gasteiger partial charge in [-0.2, -0.15) is 4.37 Å². The molecular formula is C8H4BrF2NS. The third-order valence-corrected chi connectivity index (χ3v) is 3.52. The van der Waals surface area contributed by atoms with Crippen molar-refractivity contribution in [2.45, 2.75) is 6.43 Å². The van der Waals surface area contributed by atoms with Gasteiger partial charge in [-0.3, -0.25) is 0 Å². The largest absolute Gasteiger partial charge is 0.282 e. The summed E-state index contributed by atoms with van der Waals surface area (Å²) in [5.74, 6) is 0. The average molecular weight is 264 g/mol. The van der Waals surface area contributed by atoms with Gasteiger partial charge in [-0.05, 0) is 33.5 Å². The highest BCUT2D eigenvalue weighted by Gasteiger charge is 2.16. The molecule has 0 aliphatic carbocycles. The summed E-state index contributed by atoms with van der Waals surface area (Å²) in [5, 5.41) is 0.536. The van der Waals surface area contributed by atoms with Gasteiger partial charge < -0.3 is 0 Å². The molecule has 0 unspecified atom stereocenters. The fourth-order valence-corrected chi connectivity index (χ4v) is 2.48. The molecule has 2 aromatic rings. The van der Waals surface area contributed by atoms with Crippen LogP contribution in [0, 0.1) is 0 Å². The lowest BCUT2D eigenvalue weighted by atomic mass is 10.2. The molecule has 1 heterocycles. The van der Waals surface area contributed by atoms with E-state index in [9.17, 15) is 8.78 Å². The summed E-state index contributed by atoms with van der Waals surface area (Å²) in [6.07, 6.45) is -2.50. The lowest BCUT2D eigenvalue weighted by molar-refractivity contribution is 0.149. The van der Waals surface area contributed by atoms with Crippen LogP contribution in [0.3, 0.4) is 0 Å². The maximum atomic E-state index is 12.4. The number of benzene rings is 1. The second-order valence-corrected chi connectivity index (χ2v) is 4.11. The first-order chi connectivity index (χ1) is 6.20. The molecule has 2 rings (SSSR count). The monoisotopic (exact) mass is 263 g/mol. The summed E-state index contributed by atoms with van der Waals surface area (Å²) >= 11 is 4.38. The van der Waals surface area contributed by atoms with Crippen molar-refractivity contribution in [1.82, 2.24) is 4.37 Å². The molecule has 0 fully saturated rings. The van der Waals surface area contributed by atoms with Crippen LogP contribution < -0.4 is 0 Å². The molecule has 68 valence electrons. The van der Waals surface area contributed by atoms with Crippen LogP contribution in [0.25, 0.3) is 10.1 Å². The van der Waals surface area contributed by atoms with Crippen LogP contribution in [0.1, 0.15) is 12.1 Å². The van der Waals surface area contributed by atoms with Gasteiger partial charge in [0.2, 0.25) is 0 Å². The molecule has 0 amide bonds. The number of alkyl halides is 2. The van der Waals surface area contributed by atoms with E-state index >= 15 is 0 Å². The predicted molar refractivity (Wildman–Crippen MR) is 52.3 cm³/mol. The molecule has 13 heavy (non-hydrogen) atoms. The fourth-order valence-electron chi connectivity index (χ4n) is 1.10. The second kappa shape index (κ2) is 3.31. The Balaban J connectivity index is 2.75. The number of rotatable bonds is 1. The Morgan fingerprint density at radius 3 is 2.85 bits per heavy atom. The third kappa shape index (κ3) is 1.46. The lowest BCUT2D eigenvalue weighted by Crippen LogP contribution is -1.82. The molecule has 0 aliphatic heterocycles. The normalized spacial score (nSPS) is 11.4. The fraction of sp³-hybridized carbons (Fsp3) is 0.125. The van der Waals surface area contributed by atoms with E-state index in [4.69, 9.17) is 0 Å². The third-order valence-electron chi connectivity index (χ3n) is 1.68. The molecule has 1 nitrogen and oxygen atoms in total. The van der Waals surface area contributed by atoms with Gasteiger partial charge in [0.05, 0.1) is 4.70 Å². The Morgan fingerprint density at radius 1 is 1.38 bits per heavy atom. The van der Waals surface area contributed by atoms with Crippen LogP contribution in [-0.2, 0) is 0 Å². The highest BCUT2D eigenvalue weighted by molar-refractivity contribution is 9.10. The molecule has 5 heteroatoms. The minimum atomic E-state index is -2.50. The van der Waals surface area contributed by atoms with Gasteiger partial charge in [-0.25, -0.2) is 8.78 Å². The van der Waals surface area contributed by atoms with Crippen molar-refractivity contribution in [3.8, 4) is 0 Å². The Hall–Kier alpha value is -0.550. The summed E-state index contributed by atoms with van der Waals surface area (Å²) in [7, 11) is 0. The smallest absolute Gasteiger partial charge is 0.203 e. The van der Waals surface area contributed by atoms with E-state index in [-0.39, 0.29) is 5.69 Å². The quantitative estimate of drug-likeness (QED) is 0.758. The van der Waals surface area contributed by atoms with Crippen molar-refractivity contribution >= 4 is 37.5 Å². The molecule has 1 aromatic carbocycles. The van der Waals surface area contributed by atoms with Crippen LogP contribution in [0.2, 0.25) is 0 Å². The van der Waals surface area contributed by atoms with Crippen molar-refractivity contribution < 1.29 is 8.78 Å². The van der Waals surface area contributed by atoms with E-state index in [0.717, 1.165) is 20.7 Å². The first-order valence-corrected chi connectivity index (χ1v) is 5.08. The van der Waals surface area contributed by atoms with Crippen LogP contribution >= 0.6 is 27.5 Å². The average Bonchev–Trinajstić information content (AvgIpc) is 2.48. The van der Waals surface area contributed by atoms with E-state index in [1.807, 2.05) is 6.07 Å². The van der Waals surface area contributed by atoms with E-state index in [2.05, 4.69) is 20.3 Å². The van der Waals surface area contributed by atoms with E-state index in [1.165, 1.54) is 0 Å². The molecule has 0 bridgehead atoms. The Morgan fingerprint density at radius 2 is 2.15 bits per heavy atom. The molecule has 0 atom stereocenters. The molecule has 0 saturated heterocycles. The van der Waals surface area contributed by atoms with E-state index in [1.54, 1.807) is 12.1 Å². The summed E-state index contributed by atoms with van der Waals surface area (Å²) in [6, 6.07) is 5.20. The topological polar surface area (TPSA) is 12.9 Å². The molecule has 0 radical (unpaired) electrons. The SMILES string of the molecule is FC(F)c1nsc2c(Br)cccc12. The van der Waals surface area contributed by atoms with Crippen LogP contribution in [0.15, 0.2) is 22.7 Å². The molecular weight excluding hydrogens is 260 g/mol. The van der Waals surface area contributed by atoms with Gasteiger partial charge in [-0.15, -0.1) is 0 Å². The van der Waals surface area contributed by atoms with Gasteiger partial charge in [-0.1, -0.05) is 12.1 Å². The zero-order valence-electron chi connectivity index (χ0n) is 6.30. The van der Waals surface area contributed by atoms with Crippen molar-refractivity contribution in [1.29, 1.82) is 0 Å². The van der Waals surface area contributed by atoms with Crippen LogP contribution in [0.5, 0.6) is 0 Å². The highest BCUT2D eigenvalue weighted by Crippen LogP contribution is 2.33. The molecule has 0 saturated carbocycles. The number of aromatic nitrogens is 1. The van der Waals surface area contributed by atoms with Gasteiger partial charge in [0.15, 0.2) is 0 Å². The summed E-state index contributed by atoms with van der Waals surface area (Å²) in [5.41, 5.74) is -0.124. The zero-order valence-corrected chi connectivity index (χ0v) is 8.70. The number of hydrogen-bond acceptors (Lipinski definition) is 2. The number of hydrogen-bond donors (Lipinski definition) is 0. The van der Waals surface area contributed by atoms with Gasteiger partial charge in [0.1, 0.15) is 5.69 Å². The maximum absolute atomic E-state index is 12.4. The molecule has 0 spiro atoms. The summed E-state index contributed by atoms with van der Waals surface area (Å²) < 4.78 is 30.1. The summed E-state index contributed by atoms with van der Waals surface area (Å²) in [6.45, 7) is 0. The predicted octanol–water partition coefficient (Wildman–Crippen LogP) is 4.00. The van der Waals surface area contributed by atoms with Gasteiger partial charge in [0, 0.05) is 9.86 Å². The van der Waals surface area contributed by atoms with Crippen LogP contribution in [0.4, 0.5) is 8.78 Å². The second-order valence-electron chi connectivity index (χ2n) is 2.49. The zero-order chi connectivity index (χ0) is 9.42. The lowest BCUT2D eigenvalue weighted by Gasteiger charge is -1.94. The number of nitrogens with zero attached hydrogens (tertiary/aromatic N) is 1. The number of fused-ring (bicyclic) bond motifs is 1. The first kappa shape index (κ1) is 9.02. The van der Waals surface area contributed by atoms with Crippen molar-refractivity contribution in [2.24, 2.45) is 0 Å². The minimum Gasteiger partial charge on any atom is -0.203 e.